The minimum atomic E-state index is -1.54. The average Bonchev–Trinajstić information content (AvgIpc) is 2.70. The van der Waals surface area contributed by atoms with Crippen LogP contribution in [0.5, 0.6) is 0 Å². The maximum Gasteiger partial charge on any atom is 0.312 e. The van der Waals surface area contributed by atoms with Crippen LogP contribution in [0.15, 0.2) is 30.3 Å². The van der Waals surface area contributed by atoms with Crippen molar-refractivity contribution >= 4 is 29.7 Å². The molecule has 4 N–H and O–H groups in total. The number of ether oxygens (including phenoxy) is 2. The Bertz CT molecular complexity index is 782. The van der Waals surface area contributed by atoms with Crippen LogP contribution in [-0.4, -0.2) is 55.0 Å². The molecule has 1 rings (SSSR count). The highest BCUT2D eigenvalue weighted by molar-refractivity contribution is 5.95. The van der Waals surface area contributed by atoms with Gasteiger partial charge in [-0.25, -0.2) is 0 Å². The van der Waals surface area contributed by atoms with Gasteiger partial charge in [0, 0.05) is 13.3 Å². The normalized spacial score (nSPS) is 13.3. The lowest BCUT2D eigenvalue weighted by molar-refractivity contribution is -0.157. The highest BCUT2D eigenvalue weighted by Crippen LogP contribution is 2.14. The topological polar surface area (TPSA) is 154 Å². The molecule has 1 aromatic rings. The lowest BCUT2D eigenvalue weighted by Gasteiger charge is -2.26. The van der Waals surface area contributed by atoms with E-state index in [1.165, 1.54) is 6.92 Å². The van der Waals surface area contributed by atoms with Crippen molar-refractivity contribution in [3.63, 3.8) is 0 Å². The van der Waals surface area contributed by atoms with Crippen molar-refractivity contribution in [2.75, 3.05) is 13.2 Å². The third-order valence-electron chi connectivity index (χ3n) is 4.26. The zero-order valence-corrected chi connectivity index (χ0v) is 17.9. The van der Waals surface area contributed by atoms with Gasteiger partial charge in [-0.1, -0.05) is 30.3 Å². The molecule has 0 heterocycles. The molecule has 0 aliphatic carbocycles. The van der Waals surface area contributed by atoms with Gasteiger partial charge in [0.15, 0.2) is 0 Å². The number of hydrogen-bond donors (Lipinski definition) is 3. The number of hydrogen-bond acceptors (Lipinski definition) is 7. The van der Waals surface area contributed by atoms with Crippen molar-refractivity contribution in [2.24, 2.45) is 11.7 Å². The summed E-state index contributed by atoms with van der Waals surface area (Å²) in [5, 5.41) is 4.91. The zero-order chi connectivity index (χ0) is 23.4. The van der Waals surface area contributed by atoms with Crippen LogP contribution < -0.4 is 16.4 Å². The summed E-state index contributed by atoms with van der Waals surface area (Å²) in [7, 11) is 0. The van der Waals surface area contributed by atoms with E-state index in [9.17, 15) is 24.0 Å². The molecule has 31 heavy (non-hydrogen) atoms. The molecule has 3 atom stereocenters. The first-order chi connectivity index (χ1) is 14.7. The highest BCUT2D eigenvalue weighted by Gasteiger charge is 2.38. The van der Waals surface area contributed by atoms with E-state index < -0.39 is 54.1 Å². The second kappa shape index (κ2) is 13.0. The van der Waals surface area contributed by atoms with E-state index in [4.69, 9.17) is 15.2 Å². The molecule has 0 aliphatic heterocycles. The van der Waals surface area contributed by atoms with Gasteiger partial charge in [0.05, 0.1) is 25.6 Å². The van der Waals surface area contributed by atoms with Gasteiger partial charge >= 0.3 is 11.9 Å². The van der Waals surface area contributed by atoms with E-state index in [0.717, 1.165) is 5.56 Å². The van der Waals surface area contributed by atoms with Crippen molar-refractivity contribution < 1.29 is 33.4 Å². The van der Waals surface area contributed by atoms with Gasteiger partial charge in [-0.15, -0.1) is 0 Å². The molecule has 3 amide bonds. The minimum absolute atomic E-state index is 0.000110. The zero-order valence-electron chi connectivity index (χ0n) is 17.9. The Kier molecular flexibility index (Phi) is 10.7. The molecule has 0 bridgehead atoms. The fourth-order valence-electron chi connectivity index (χ4n) is 2.91. The van der Waals surface area contributed by atoms with Crippen LogP contribution in [0.1, 0.15) is 32.8 Å². The number of nitrogens with one attached hydrogen (secondary N) is 2. The van der Waals surface area contributed by atoms with Crippen molar-refractivity contribution in [3.05, 3.63) is 35.9 Å². The molecule has 0 aliphatic rings. The highest BCUT2D eigenvalue weighted by atomic mass is 16.5. The maximum absolute atomic E-state index is 12.9. The summed E-state index contributed by atoms with van der Waals surface area (Å²) >= 11 is 0. The largest absolute Gasteiger partial charge is 0.466 e. The summed E-state index contributed by atoms with van der Waals surface area (Å²) in [6.07, 6.45) is -0.371. The molecule has 0 fully saturated rings. The Morgan fingerprint density at radius 2 is 1.58 bits per heavy atom. The number of esters is 2. The fourth-order valence-corrected chi connectivity index (χ4v) is 2.91. The minimum Gasteiger partial charge on any atom is -0.466 e. The number of carbonyl (C=O) groups excluding carboxylic acids is 5. The van der Waals surface area contributed by atoms with Crippen LogP contribution in [0.3, 0.4) is 0 Å². The molecule has 1 aromatic carbocycles. The third kappa shape index (κ3) is 8.85. The molecule has 0 aromatic heterocycles. The van der Waals surface area contributed by atoms with Crippen molar-refractivity contribution in [2.45, 2.75) is 45.7 Å². The standard InChI is InChI=1S/C21H29N3O7/c1-4-30-17(26)12-15(21(29)31-5-2)18(19(22)27)24-20(28)16(23-13(3)25)11-14-9-7-6-8-10-14/h6-10,15-16,18H,4-5,11-12H2,1-3H3,(H2,22,27)(H,23,25)(H,24,28)/t15-,16-,18+/m1/s1. The summed E-state index contributed by atoms with van der Waals surface area (Å²) < 4.78 is 9.79. The van der Waals surface area contributed by atoms with E-state index >= 15 is 0 Å². The van der Waals surface area contributed by atoms with Crippen LogP contribution >= 0.6 is 0 Å². The molecule has 0 unspecified atom stereocenters. The Morgan fingerprint density at radius 3 is 2.10 bits per heavy atom. The first-order valence-electron chi connectivity index (χ1n) is 9.92. The number of rotatable bonds is 12. The number of primary amides is 1. The van der Waals surface area contributed by atoms with E-state index in [2.05, 4.69) is 10.6 Å². The Hall–Kier alpha value is -3.43. The molecular weight excluding hydrogens is 406 g/mol. The number of nitrogens with two attached hydrogens (primary N) is 1. The summed E-state index contributed by atoms with van der Waals surface area (Å²) in [5.41, 5.74) is 6.19. The summed E-state index contributed by atoms with van der Waals surface area (Å²) in [6.45, 7) is 4.47. The molecule has 170 valence electrons. The van der Waals surface area contributed by atoms with Crippen molar-refractivity contribution in [1.82, 2.24) is 10.6 Å². The second-order valence-corrected chi connectivity index (χ2v) is 6.70. The molecule has 0 radical (unpaired) electrons. The lowest BCUT2D eigenvalue weighted by Crippen LogP contribution is -2.57. The number of amides is 3. The fraction of sp³-hybridized carbons (Fsp3) is 0.476. The summed E-state index contributed by atoms with van der Waals surface area (Å²) in [6, 6.07) is 6.33. The lowest BCUT2D eigenvalue weighted by atomic mass is 9.94. The van der Waals surface area contributed by atoms with Gasteiger partial charge in [-0.3, -0.25) is 24.0 Å². The monoisotopic (exact) mass is 435 g/mol. The molecule has 0 saturated carbocycles. The van der Waals surface area contributed by atoms with Gasteiger partial charge < -0.3 is 25.8 Å². The third-order valence-corrected chi connectivity index (χ3v) is 4.26. The van der Waals surface area contributed by atoms with Gasteiger partial charge in [-0.2, -0.15) is 0 Å². The average molecular weight is 435 g/mol. The van der Waals surface area contributed by atoms with Crippen molar-refractivity contribution in [1.29, 1.82) is 0 Å². The summed E-state index contributed by atoms with van der Waals surface area (Å²) in [4.78, 5) is 60.9. The van der Waals surface area contributed by atoms with Crippen molar-refractivity contribution in [3.8, 4) is 0 Å². The predicted molar refractivity (Wildman–Crippen MR) is 110 cm³/mol. The maximum atomic E-state index is 12.9. The SMILES string of the molecule is CCOC(=O)C[C@@H](C(=O)OCC)[C@H](NC(=O)[C@@H](Cc1ccccc1)NC(C)=O)C(N)=O. The number of benzene rings is 1. The first kappa shape index (κ1) is 25.6. The molecule has 0 spiro atoms. The Labute approximate surface area is 180 Å². The van der Waals surface area contributed by atoms with E-state index in [1.807, 2.05) is 0 Å². The van der Waals surface area contributed by atoms with Crippen LogP contribution in [-0.2, 0) is 39.9 Å². The van der Waals surface area contributed by atoms with Crippen LogP contribution in [0.2, 0.25) is 0 Å². The van der Waals surface area contributed by atoms with Gasteiger partial charge in [0.1, 0.15) is 12.1 Å². The molecule has 10 nitrogen and oxygen atoms in total. The smallest absolute Gasteiger partial charge is 0.312 e. The quantitative estimate of drug-likeness (QED) is 0.385. The molecule has 0 saturated heterocycles. The Morgan fingerprint density at radius 1 is 0.968 bits per heavy atom. The van der Waals surface area contributed by atoms with E-state index in [-0.39, 0.29) is 19.6 Å². The second-order valence-electron chi connectivity index (χ2n) is 6.70. The van der Waals surface area contributed by atoms with E-state index in [0.29, 0.717) is 0 Å². The predicted octanol–water partition coefficient (Wildman–Crippen LogP) is -0.164. The molecule has 10 heteroatoms. The molecular formula is C21H29N3O7. The van der Waals surface area contributed by atoms with Gasteiger partial charge in [0.2, 0.25) is 17.7 Å². The van der Waals surface area contributed by atoms with E-state index in [1.54, 1.807) is 44.2 Å². The van der Waals surface area contributed by atoms with Crippen LogP contribution in [0, 0.1) is 5.92 Å². The van der Waals surface area contributed by atoms with Gasteiger partial charge in [-0.05, 0) is 19.4 Å². The summed E-state index contributed by atoms with van der Waals surface area (Å²) in [5.74, 6) is -5.23. The number of carbonyl (C=O) groups is 5. The van der Waals surface area contributed by atoms with Crippen LogP contribution in [0.25, 0.3) is 0 Å². The first-order valence-corrected chi connectivity index (χ1v) is 9.92. The van der Waals surface area contributed by atoms with Crippen LogP contribution in [0.4, 0.5) is 0 Å². The van der Waals surface area contributed by atoms with Gasteiger partial charge in [0.25, 0.3) is 0 Å². The Balaban J connectivity index is 3.11.